The quantitative estimate of drug-likeness (QED) is 0.776. The zero-order valence-corrected chi connectivity index (χ0v) is 15.6. The second-order valence-corrected chi connectivity index (χ2v) is 9.39. The molecule has 3 fully saturated rings. The van der Waals surface area contributed by atoms with Crippen LogP contribution in [0.15, 0.2) is 0 Å². The summed E-state index contributed by atoms with van der Waals surface area (Å²) in [5.74, 6) is 0. The van der Waals surface area contributed by atoms with Crippen LogP contribution in [0.1, 0.15) is 60.3 Å². The van der Waals surface area contributed by atoms with E-state index < -0.39 is 0 Å². The molecule has 2 heterocycles. The number of hydrogen-bond donors (Lipinski definition) is 0. The van der Waals surface area contributed by atoms with Gasteiger partial charge >= 0.3 is 0 Å². The van der Waals surface area contributed by atoms with Crippen molar-refractivity contribution in [1.82, 2.24) is 14.7 Å². The van der Waals surface area contributed by atoms with Crippen molar-refractivity contribution >= 4 is 0 Å². The zero-order valence-electron chi connectivity index (χ0n) is 15.6. The largest absolute Gasteiger partial charge is 0.301 e. The second kappa shape index (κ2) is 6.07. The summed E-state index contributed by atoms with van der Waals surface area (Å²) in [5, 5.41) is 0. The molecule has 2 aliphatic heterocycles. The molecule has 128 valence electrons. The minimum absolute atomic E-state index is 0.344. The molecule has 0 aromatic heterocycles. The normalized spacial score (nSPS) is 29.2. The highest BCUT2D eigenvalue weighted by atomic mass is 15.3. The Morgan fingerprint density at radius 2 is 1.41 bits per heavy atom. The van der Waals surface area contributed by atoms with E-state index in [1.165, 1.54) is 65.0 Å². The Bertz CT molecular complexity index is 361. The lowest BCUT2D eigenvalue weighted by molar-refractivity contribution is -0.0658. The van der Waals surface area contributed by atoms with E-state index in [0.29, 0.717) is 5.54 Å². The van der Waals surface area contributed by atoms with Crippen molar-refractivity contribution in [2.24, 2.45) is 5.41 Å². The van der Waals surface area contributed by atoms with Crippen molar-refractivity contribution in [1.29, 1.82) is 0 Å². The summed E-state index contributed by atoms with van der Waals surface area (Å²) < 4.78 is 0. The van der Waals surface area contributed by atoms with Crippen LogP contribution in [0.25, 0.3) is 0 Å². The summed E-state index contributed by atoms with van der Waals surface area (Å²) in [4.78, 5) is 8.11. The lowest BCUT2D eigenvalue weighted by Gasteiger charge is -2.57. The van der Waals surface area contributed by atoms with Gasteiger partial charge in [-0.3, -0.25) is 9.80 Å². The molecular weight excluding hydrogens is 270 g/mol. The standard InChI is InChI=1S/C19H37N3/c1-16(2)20-8-6-19(7-9-20)14-17(15-19)21-10-12-22(13-11-21)18(3,4)5/h16-17H,6-15H2,1-5H3. The molecule has 3 aliphatic rings. The number of nitrogens with zero attached hydrogens (tertiary/aromatic N) is 3. The maximum absolute atomic E-state index is 2.79. The summed E-state index contributed by atoms with van der Waals surface area (Å²) in [6.45, 7) is 19.5. The predicted octanol–water partition coefficient (Wildman–Crippen LogP) is 3.06. The fourth-order valence-electron chi connectivity index (χ4n) is 4.88. The van der Waals surface area contributed by atoms with Crippen molar-refractivity contribution in [3.8, 4) is 0 Å². The van der Waals surface area contributed by atoms with Crippen LogP contribution in [0.5, 0.6) is 0 Å². The van der Waals surface area contributed by atoms with E-state index in [1.54, 1.807) is 0 Å². The van der Waals surface area contributed by atoms with Crippen LogP contribution in [0.2, 0.25) is 0 Å². The summed E-state index contributed by atoms with van der Waals surface area (Å²) in [7, 11) is 0. The van der Waals surface area contributed by atoms with E-state index in [1.807, 2.05) is 0 Å². The summed E-state index contributed by atoms with van der Waals surface area (Å²) in [6, 6.07) is 1.63. The third-order valence-electron chi connectivity index (χ3n) is 6.71. The van der Waals surface area contributed by atoms with Crippen molar-refractivity contribution < 1.29 is 0 Å². The van der Waals surface area contributed by atoms with Gasteiger partial charge in [-0.15, -0.1) is 0 Å². The van der Waals surface area contributed by atoms with Crippen molar-refractivity contribution in [3.63, 3.8) is 0 Å². The summed E-state index contributed by atoms with van der Waals surface area (Å²) in [5.41, 5.74) is 1.06. The van der Waals surface area contributed by atoms with Crippen molar-refractivity contribution in [2.75, 3.05) is 39.3 Å². The number of piperazine rings is 1. The zero-order chi connectivity index (χ0) is 16.0. The fraction of sp³-hybridized carbons (Fsp3) is 1.00. The van der Waals surface area contributed by atoms with Crippen molar-refractivity contribution in [2.45, 2.75) is 77.9 Å². The van der Waals surface area contributed by atoms with E-state index >= 15 is 0 Å². The topological polar surface area (TPSA) is 9.72 Å². The molecule has 0 aromatic carbocycles. The van der Waals surface area contributed by atoms with E-state index in [-0.39, 0.29) is 0 Å². The second-order valence-electron chi connectivity index (χ2n) is 9.39. The molecule has 3 rings (SSSR count). The smallest absolute Gasteiger partial charge is 0.0126 e. The molecule has 0 radical (unpaired) electrons. The molecule has 3 nitrogen and oxygen atoms in total. The van der Waals surface area contributed by atoms with Crippen LogP contribution in [-0.4, -0.2) is 71.6 Å². The molecular formula is C19H37N3. The molecule has 2 saturated heterocycles. The molecule has 0 amide bonds. The van der Waals surface area contributed by atoms with Gasteiger partial charge in [-0.25, -0.2) is 0 Å². The van der Waals surface area contributed by atoms with Gasteiger partial charge in [0.25, 0.3) is 0 Å². The maximum Gasteiger partial charge on any atom is 0.0126 e. The molecule has 0 atom stereocenters. The Balaban J connectivity index is 1.43. The van der Waals surface area contributed by atoms with Gasteiger partial charge in [-0.05, 0) is 78.8 Å². The highest BCUT2D eigenvalue weighted by molar-refractivity contribution is 5.02. The molecule has 3 heteroatoms. The number of likely N-dealkylation sites (tertiary alicyclic amines) is 1. The first kappa shape index (κ1) is 16.7. The molecule has 0 N–H and O–H groups in total. The average molecular weight is 308 g/mol. The van der Waals surface area contributed by atoms with E-state index in [9.17, 15) is 0 Å². The van der Waals surface area contributed by atoms with Gasteiger partial charge in [0.05, 0.1) is 0 Å². The van der Waals surface area contributed by atoms with Crippen LogP contribution < -0.4 is 0 Å². The van der Waals surface area contributed by atoms with E-state index in [4.69, 9.17) is 0 Å². The monoisotopic (exact) mass is 307 g/mol. The molecule has 22 heavy (non-hydrogen) atoms. The Hall–Kier alpha value is -0.120. The van der Waals surface area contributed by atoms with Gasteiger partial charge < -0.3 is 4.90 Å². The fourth-order valence-corrected chi connectivity index (χ4v) is 4.88. The molecule has 0 bridgehead atoms. The Labute approximate surface area is 138 Å². The van der Waals surface area contributed by atoms with Crippen LogP contribution in [0.4, 0.5) is 0 Å². The van der Waals surface area contributed by atoms with Crippen molar-refractivity contribution in [3.05, 3.63) is 0 Å². The van der Waals surface area contributed by atoms with Gasteiger partial charge in [0.1, 0.15) is 0 Å². The highest BCUT2D eigenvalue weighted by Crippen LogP contribution is 2.51. The SMILES string of the molecule is CC(C)N1CCC2(CC1)CC(N1CCN(C(C)(C)C)CC1)C2. The lowest BCUT2D eigenvalue weighted by atomic mass is 9.60. The van der Waals surface area contributed by atoms with E-state index in [2.05, 4.69) is 49.3 Å². The van der Waals surface area contributed by atoms with Crippen LogP contribution in [0, 0.1) is 5.41 Å². The molecule has 1 aliphatic carbocycles. The minimum Gasteiger partial charge on any atom is -0.301 e. The van der Waals surface area contributed by atoms with Gasteiger partial charge in [0, 0.05) is 43.8 Å². The summed E-state index contributed by atoms with van der Waals surface area (Å²) in [6.07, 6.45) is 5.86. The summed E-state index contributed by atoms with van der Waals surface area (Å²) >= 11 is 0. The van der Waals surface area contributed by atoms with Crippen LogP contribution in [0.3, 0.4) is 0 Å². The Kier molecular flexibility index (Phi) is 4.61. The predicted molar refractivity (Wildman–Crippen MR) is 94.3 cm³/mol. The Morgan fingerprint density at radius 3 is 1.86 bits per heavy atom. The van der Waals surface area contributed by atoms with Gasteiger partial charge in [-0.1, -0.05) is 0 Å². The van der Waals surface area contributed by atoms with Gasteiger partial charge in [0.15, 0.2) is 0 Å². The highest BCUT2D eigenvalue weighted by Gasteiger charge is 2.48. The lowest BCUT2D eigenvalue weighted by Crippen LogP contribution is -2.61. The molecule has 1 spiro atoms. The first-order valence-corrected chi connectivity index (χ1v) is 9.52. The average Bonchev–Trinajstić information content (AvgIpc) is 2.44. The van der Waals surface area contributed by atoms with Gasteiger partial charge in [0.2, 0.25) is 0 Å². The number of rotatable bonds is 2. The molecule has 0 unspecified atom stereocenters. The molecule has 1 saturated carbocycles. The Morgan fingerprint density at radius 1 is 0.864 bits per heavy atom. The van der Waals surface area contributed by atoms with Crippen LogP contribution in [-0.2, 0) is 0 Å². The molecule has 0 aromatic rings. The minimum atomic E-state index is 0.344. The first-order valence-electron chi connectivity index (χ1n) is 9.52. The van der Waals surface area contributed by atoms with Gasteiger partial charge in [-0.2, -0.15) is 0 Å². The van der Waals surface area contributed by atoms with E-state index in [0.717, 1.165) is 17.5 Å². The number of piperidine rings is 1. The van der Waals surface area contributed by atoms with Crippen LogP contribution >= 0.6 is 0 Å². The third-order valence-corrected chi connectivity index (χ3v) is 6.71. The maximum atomic E-state index is 2.79. The number of hydrogen-bond acceptors (Lipinski definition) is 3. The first-order chi connectivity index (χ1) is 10.3. The third kappa shape index (κ3) is 3.37.